The van der Waals surface area contributed by atoms with Crippen molar-refractivity contribution < 1.29 is 19.0 Å². The summed E-state index contributed by atoms with van der Waals surface area (Å²) in [4.78, 5) is 11.6. The summed E-state index contributed by atoms with van der Waals surface area (Å²) in [6.45, 7) is 10.4. The van der Waals surface area contributed by atoms with Gasteiger partial charge < -0.3 is 19.5 Å². The van der Waals surface area contributed by atoms with E-state index in [1.54, 1.807) is 0 Å². The summed E-state index contributed by atoms with van der Waals surface area (Å²) in [5.41, 5.74) is -0.459. The molecule has 118 valence electrons. The highest BCUT2D eigenvalue weighted by Gasteiger charge is 2.29. The lowest BCUT2D eigenvalue weighted by Crippen LogP contribution is -2.38. The van der Waals surface area contributed by atoms with Crippen LogP contribution in [0.2, 0.25) is 0 Å². The molecule has 0 aromatic carbocycles. The molecule has 0 unspecified atom stereocenters. The first-order chi connectivity index (χ1) is 9.42. The number of carbonyl (C=O) groups is 1. The van der Waals surface area contributed by atoms with Gasteiger partial charge in [0.1, 0.15) is 5.60 Å². The van der Waals surface area contributed by atoms with Gasteiger partial charge in [0.2, 0.25) is 0 Å². The van der Waals surface area contributed by atoms with Gasteiger partial charge in [0, 0.05) is 25.7 Å². The van der Waals surface area contributed by atoms with E-state index in [9.17, 15) is 4.79 Å². The monoisotopic (exact) mass is 287 g/mol. The van der Waals surface area contributed by atoms with Crippen LogP contribution in [0.5, 0.6) is 0 Å². The van der Waals surface area contributed by atoms with Crippen LogP contribution in [0.3, 0.4) is 0 Å². The van der Waals surface area contributed by atoms with Crippen LogP contribution in [0.15, 0.2) is 0 Å². The Hall–Kier alpha value is -0.810. The number of alkyl carbamates (subject to hydrolysis) is 1. The zero-order valence-corrected chi connectivity index (χ0v) is 13.2. The molecule has 1 amide bonds. The summed E-state index contributed by atoms with van der Waals surface area (Å²) >= 11 is 0. The molecule has 0 radical (unpaired) electrons. The number of unbranched alkanes of at least 4 members (excludes halogenated alkanes) is 1. The molecule has 1 saturated heterocycles. The molecule has 5 nitrogen and oxygen atoms in total. The van der Waals surface area contributed by atoms with Crippen LogP contribution in [-0.4, -0.2) is 44.2 Å². The van der Waals surface area contributed by atoms with Gasteiger partial charge in [0.25, 0.3) is 0 Å². The summed E-state index contributed by atoms with van der Waals surface area (Å²) in [6, 6.07) is 0. The summed E-state index contributed by atoms with van der Waals surface area (Å²) in [5, 5.41) is 2.82. The van der Waals surface area contributed by atoms with Crippen LogP contribution in [0.25, 0.3) is 0 Å². The normalized spacial score (nSPS) is 22.8. The van der Waals surface area contributed by atoms with Crippen molar-refractivity contribution in [2.75, 3.05) is 26.4 Å². The number of rotatable bonds is 7. The molecule has 1 aliphatic heterocycles. The summed E-state index contributed by atoms with van der Waals surface area (Å²) in [7, 11) is 0. The van der Waals surface area contributed by atoms with E-state index >= 15 is 0 Å². The third-order valence-corrected chi connectivity index (χ3v) is 3.18. The van der Waals surface area contributed by atoms with Crippen molar-refractivity contribution in [1.82, 2.24) is 5.32 Å². The number of hydrogen-bond acceptors (Lipinski definition) is 4. The Balaban J connectivity index is 2.22. The van der Waals surface area contributed by atoms with E-state index in [1.165, 1.54) is 0 Å². The van der Waals surface area contributed by atoms with Crippen molar-refractivity contribution in [3.8, 4) is 0 Å². The number of ether oxygens (including phenoxy) is 3. The first kappa shape index (κ1) is 17.2. The van der Waals surface area contributed by atoms with Crippen molar-refractivity contribution in [2.45, 2.75) is 58.7 Å². The van der Waals surface area contributed by atoms with Crippen molar-refractivity contribution in [1.29, 1.82) is 0 Å². The minimum atomic E-state index is -0.459. The van der Waals surface area contributed by atoms with Crippen LogP contribution < -0.4 is 5.32 Å². The Morgan fingerprint density at radius 3 is 2.80 bits per heavy atom. The van der Waals surface area contributed by atoms with E-state index < -0.39 is 5.60 Å². The third-order valence-electron chi connectivity index (χ3n) is 3.18. The van der Waals surface area contributed by atoms with Gasteiger partial charge in [-0.3, -0.25) is 0 Å². The van der Waals surface area contributed by atoms with Crippen LogP contribution in [0.1, 0.15) is 47.0 Å². The molecule has 0 bridgehead atoms. The molecule has 1 N–H and O–H groups in total. The SMILES string of the molecule is CCCCOC[C@H]1OCC[C@@H]1CNC(=O)OC(C)(C)C. The molecule has 1 fully saturated rings. The summed E-state index contributed by atoms with van der Waals surface area (Å²) < 4.78 is 16.5. The van der Waals surface area contributed by atoms with E-state index in [0.717, 1.165) is 32.5 Å². The van der Waals surface area contributed by atoms with E-state index in [2.05, 4.69) is 12.2 Å². The van der Waals surface area contributed by atoms with Crippen LogP contribution in [0, 0.1) is 5.92 Å². The highest BCUT2D eigenvalue weighted by molar-refractivity contribution is 5.67. The second kappa shape index (κ2) is 8.47. The fourth-order valence-electron chi connectivity index (χ4n) is 2.08. The van der Waals surface area contributed by atoms with Crippen molar-refractivity contribution in [3.05, 3.63) is 0 Å². The zero-order chi connectivity index (χ0) is 15.0. The molecular formula is C15H29NO4. The molecule has 0 aromatic heterocycles. The molecule has 1 heterocycles. The highest BCUT2D eigenvalue weighted by Crippen LogP contribution is 2.20. The molecule has 0 aromatic rings. The van der Waals surface area contributed by atoms with Gasteiger partial charge in [0.15, 0.2) is 0 Å². The van der Waals surface area contributed by atoms with E-state index in [-0.39, 0.29) is 12.2 Å². The maximum atomic E-state index is 11.6. The van der Waals surface area contributed by atoms with Gasteiger partial charge in [-0.15, -0.1) is 0 Å². The zero-order valence-electron chi connectivity index (χ0n) is 13.2. The average molecular weight is 287 g/mol. The Labute approximate surface area is 122 Å². The molecule has 2 atom stereocenters. The molecule has 20 heavy (non-hydrogen) atoms. The fourth-order valence-corrected chi connectivity index (χ4v) is 2.08. The standard InChI is InChI=1S/C15H29NO4/c1-5-6-8-18-11-13-12(7-9-19-13)10-16-14(17)20-15(2,3)4/h12-13H,5-11H2,1-4H3,(H,16,17)/t12-,13-/m1/s1. The van der Waals surface area contributed by atoms with Crippen LogP contribution in [0.4, 0.5) is 4.79 Å². The predicted molar refractivity (Wildman–Crippen MR) is 77.8 cm³/mol. The number of amides is 1. The predicted octanol–water partition coefficient (Wildman–Crippen LogP) is 2.73. The Bertz CT molecular complexity index is 288. The lowest BCUT2D eigenvalue weighted by atomic mass is 10.0. The summed E-state index contributed by atoms with van der Waals surface area (Å²) in [5.74, 6) is 0.309. The van der Waals surface area contributed by atoms with Gasteiger partial charge in [-0.1, -0.05) is 13.3 Å². The minimum absolute atomic E-state index is 0.0850. The van der Waals surface area contributed by atoms with Gasteiger partial charge >= 0.3 is 6.09 Å². The van der Waals surface area contributed by atoms with Crippen molar-refractivity contribution in [3.63, 3.8) is 0 Å². The number of hydrogen-bond donors (Lipinski definition) is 1. The molecule has 0 aliphatic carbocycles. The maximum absolute atomic E-state index is 11.6. The lowest BCUT2D eigenvalue weighted by molar-refractivity contribution is 0.000353. The lowest BCUT2D eigenvalue weighted by Gasteiger charge is -2.22. The fraction of sp³-hybridized carbons (Fsp3) is 0.933. The second-order valence-corrected chi connectivity index (χ2v) is 6.27. The summed E-state index contributed by atoms with van der Waals surface area (Å²) in [6.07, 6.45) is 2.89. The van der Waals surface area contributed by atoms with Crippen molar-refractivity contribution in [2.24, 2.45) is 5.92 Å². The van der Waals surface area contributed by atoms with E-state index in [0.29, 0.717) is 19.1 Å². The molecule has 0 spiro atoms. The Morgan fingerprint density at radius 1 is 1.40 bits per heavy atom. The van der Waals surface area contributed by atoms with E-state index in [1.807, 2.05) is 20.8 Å². The smallest absolute Gasteiger partial charge is 0.407 e. The van der Waals surface area contributed by atoms with Crippen LogP contribution >= 0.6 is 0 Å². The van der Waals surface area contributed by atoms with Crippen molar-refractivity contribution >= 4 is 6.09 Å². The number of nitrogens with one attached hydrogen (secondary N) is 1. The first-order valence-electron chi connectivity index (χ1n) is 7.58. The van der Waals surface area contributed by atoms with E-state index in [4.69, 9.17) is 14.2 Å². The molecule has 1 rings (SSSR count). The minimum Gasteiger partial charge on any atom is -0.444 e. The second-order valence-electron chi connectivity index (χ2n) is 6.27. The highest BCUT2D eigenvalue weighted by atomic mass is 16.6. The molecule has 0 saturated carbocycles. The molecular weight excluding hydrogens is 258 g/mol. The average Bonchev–Trinajstić information content (AvgIpc) is 2.77. The molecule has 5 heteroatoms. The molecule has 1 aliphatic rings. The Morgan fingerprint density at radius 2 is 2.15 bits per heavy atom. The largest absolute Gasteiger partial charge is 0.444 e. The topological polar surface area (TPSA) is 56.8 Å². The number of carbonyl (C=O) groups excluding carboxylic acids is 1. The van der Waals surface area contributed by atoms with Crippen LogP contribution in [-0.2, 0) is 14.2 Å². The third kappa shape index (κ3) is 7.10. The van der Waals surface area contributed by atoms with Gasteiger partial charge in [-0.05, 0) is 33.6 Å². The quantitative estimate of drug-likeness (QED) is 0.731. The van der Waals surface area contributed by atoms with Gasteiger partial charge in [0.05, 0.1) is 12.7 Å². The van der Waals surface area contributed by atoms with Gasteiger partial charge in [-0.25, -0.2) is 4.79 Å². The van der Waals surface area contributed by atoms with Gasteiger partial charge in [-0.2, -0.15) is 0 Å². The first-order valence-corrected chi connectivity index (χ1v) is 7.58. The maximum Gasteiger partial charge on any atom is 0.407 e. The Kier molecular flexibility index (Phi) is 7.30.